The number of rotatable bonds is 4. The van der Waals surface area contributed by atoms with Crippen LogP contribution in [0.15, 0.2) is 18.2 Å². The molecule has 0 unspecified atom stereocenters. The van der Waals surface area contributed by atoms with Crippen LogP contribution in [-0.4, -0.2) is 18.0 Å². The third-order valence-corrected chi connectivity index (χ3v) is 2.78. The molecule has 1 aromatic carbocycles. The fraction of sp³-hybridized carbons (Fsp3) is 0.429. The fourth-order valence-corrected chi connectivity index (χ4v) is 2.04. The van der Waals surface area contributed by atoms with Gasteiger partial charge in [-0.1, -0.05) is 12.1 Å². The summed E-state index contributed by atoms with van der Waals surface area (Å²) in [5.74, 6) is -0.728. The van der Waals surface area contributed by atoms with Gasteiger partial charge in [-0.3, -0.25) is 0 Å². The molecule has 2 rings (SSSR count). The van der Waals surface area contributed by atoms with Crippen molar-refractivity contribution in [3.8, 4) is 5.75 Å². The molecule has 0 spiro atoms. The maximum absolute atomic E-state index is 12.0. The van der Waals surface area contributed by atoms with E-state index in [-0.39, 0.29) is 5.97 Å². The van der Waals surface area contributed by atoms with E-state index in [0.717, 1.165) is 18.3 Å². The lowest BCUT2D eigenvalue weighted by Gasteiger charge is -2.32. The smallest absolute Gasteiger partial charge is 0.345 e. The average molecular weight is 248 g/mol. The van der Waals surface area contributed by atoms with Gasteiger partial charge in [-0.05, 0) is 24.5 Å². The van der Waals surface area contributed by atoms with Crippen molar-refractivity contribution >= 4 is 12.3 Å². The number of carbonyl (C=O) groups excluding carboxylic acids is 2. The SMILES string of the molecule is CC1(C)OC(=O)c2c(CCCC=O)cccc2O1. The second-order valence-electron chi connectivity index (χ2n) is 4.74. The Kier molecular flexibility index (Phi) is 3.36. The number of benzene rings is 1. The van der Waals surface area contributed by atoms with Gasteiger partial charge in [-0.15, -0.1) is 0 Å². The monoisotopic (exact) mass is 248 g/mol. The maximum atomic E-state index is 12.0. The Morgan fingerprint density at radius 2 is 2.06 bits per heavy atom. The van der Waals surface area contributed by atoms with Crippen LogP contribution < -0.4 is 4.74 Å². The second-order valence-corrected chi connectivity index (χ2v) is 4.74. The molecule has 18 heavy (non-hydrogen) atoms. The van der Waals surface area contributed by atoms with E-state index in [1.54, 1.807) is 19.9 Å². The van der Waals surface area contributed by atoms with Gasteiger partial charge in [0.25, 0.3) is 0 Å². The first-order valence-electron chi connectivity index (χ1n) is 6.01. The van der Waals surface area contributed by atoms with Crippen molar-refractivity contribution in [2.24, 2.45) is 0 Å². The summed E-state index contributed by atoms with van der Waals surface area (Å²) in [6.45, 7) is 3.40. The number of cyclic esters (lactones) is 1. The van der Waals surface area contributed by atoms with Crippen LogP contribution >= 0.6 is 0 Å². The van der Waals surface area contributed by atoms with Gasteiger partial charge in [0, 0.05) is 20.3 Å². The topological polar surface area (TPSA) is 52.6 Å². The normalized spacial score (nSPS) is 16.4. The van der Waals surface area contributed by atoms with Crippen molar-refractivity contribution in [1.29, 1.82) is 0 Å². The molecule has 4 heteroatoms. The van der Waals surface area contributed by atoms with Crippen molar-refractivity contribution in [3.63, 3.8) is 0 Å². The highest BCUT2D eigenvalue weighted by molar-refractivity contribution is 5.95. The molecular weight excluding hydrogens is 232 g/mol. The molecule has 0 atom stereocenters. The predicted molar refractivity (Wildman–Crippen MR) is 65.6 cm³/mol. The van der Waals surface area contributed by atoms with Gasteiger partial charge in [0.1, 0.15) is 17.6 Å². The number of ether oxygens (including phenoxy) is 2. The van der Waals surface area contributed by atoms with Crippen molar-refractivity contribution in [2.45, 2.75) is 38.9 Å². The van der Waals surface area contributed by atoms with E-state index in [9.17, 15) is 9.59 Å². The fourth-order valence-electron chi connectivity index (χ4n) is 2.04. The zero-order valence-electron chi connectivity index (χ0n) is 10.6. The molecule has 0 aliphatic carbocycles. The summed E-state index contributed by atoms with van der Waals surface area (Å²) in [5.41, 5.74) is 1.36. The third kappa shape index (κ3) is 2.53. The van der Waals surface area contributed by atoms with Crippen LogP contribution in [0.25, 0.3) is 0 Å². The van der Waals surface area contributed by atoms with Crippen molar-refractivity contribution < 1.29 is 19.1 Å². The van der Waals surface area contributed by atoms with Crippen LogP contribution in [0, 0.1) is 0 Å². The third-order valence-electron chi connectivity index (χ3n) is 2.78. The first kappa shape index (κ1) is 12.6. The number of carbonyl (C=O) groups is 2. The lowest BCUT2D eigenvalue weighted by molar-refractivity contribution is -0.127. The van der Waals surface area contributed by atoms with Gasteiger partial charge >= 0.3 is 5.97 Å². The Morgan fingerprint density at radius 1 is 1.28 bits per heavy atom. The molecule has 0 radical (unpaired) electrons. The predicted octanol–water partition coefficient (Wildman–Crippen LogP) is 2.49. The van der Waals surface area contributed by atoms with E-state index in [4.69, 9.17) is 9.47 Å². The summed E-state index contributed by atoms with van der Waals surface area (Å²) in [6.07, 6.45) is 2.76. The molecule has 4 nitrogen and oxygen atoms in total. The summed E-state index contributed by atoms with van der Waals surface area (Å²) < 4.78 is 10.8. The molecule has 0 fully saturated rings. The molecular formula is C14H16O4. The van der Waals surface area contributed by atoms with Crippen LogP contribution in [0.5, 0.6) is 5.75 Å². The molecule has 0 saturated heterocycles. The number of unbranched alkanes of at least 4 members (excludes halogenated alkanes) is 1. The highest BCUT2D eigenvalue weighted by Crippen LogP contribution is 2.33. The van der Waals surface area contributed by atoms with E-state index in [0.29, 0.717) is 24.2 Å². The molecule has 1 aromatic rings. The van der Waals surface area contributed by atoms with Gasteiger partial charge in [0.05, 0.1) is 0 Å². The minimum atomic E-state index is -0.925. The standard InChI is InChI=1S/C14H16O4/c1-14(2)17-11-8-5-7-10(6-3-4-9-15)12(11)13(16)18-14/h5,7-9H,3-4,6H2,1-2H3. The van der Waals surface area contributed by atoms with Crippen molar-refractivity contribution in [1.82, 2.24) is 0 Å². The Hall–Kier alpha value is -1.84. The molecule has 0 saturated carbocycles. The lowest BCUT2D eigenvalue weighted by Crippen LogP contribution is -2.39. The zero-order chi connectivity index (χ0) is 13.2. The summed E-state index contributed by atoms with van der Waals surface area (Å²) in [4.78, 5) is 22.3. The quantitative estimate of drug-likeness (QED) is 0.466. The van der Waals surface area contributed by atoms with E-state index >= 15 is 0 Å². The van der Waals surface area contributed by atoms with E-state index < -0.39 is 5.79 Å². The molecule has 1 heterocycles. The minimum absolute atomic E-state index is 0.358. The van der Waals surface area contributed by atoms with Crippen LogP contribution in [-0.2, 0) is 16.0 Å². The maximum Gasteiger partial charge on any atom is 0.345 e. The molecule has 0 bridgehead atoms. The van der Waals surface area contributed by atoms with Crippen LogP contribution in [0.2, 0.25) is 0 Å². The number of hydrogen-bond donors (Lipinski definition) is 0. The average Bonchev–Trinajstić information content (AvgIpc) is 2.27. The van der Waals surface area contributed by atoms with Crippen molar-refractivity contribution in [3.05, 3.63) is 29.3 Å². The van der Waals surface area contributed by atoms with Gasteiger partial charge in [-0.25, -0.2) is 4.79 Å². The highest BCUT2D eigenvalue weighted by Gasteiger charge is 2.35. The number of aryl methyl sites for hydroxylation is 1. The summed E-state index contributed by atoms with van der Waals surface area (Å²) >= 11 is 0. The number of fused-ring (bicyclic) bond motifs is 1. The Labute approximate surface area is 106 Å². The van der Waals surface area contributed by atoms with Gasteiger partial charge in [0.15, 0.2) is 0 Å². The molecule has 0 amide bonds. The first-order chi connectivity index (χ1) is 8.53. The lowest BCUT2D eigenvalue weighted by atomic mass is 10.00. The summed E-state index contributed by atoms with van der Waals surface area (Å²) in [7, 11) is 0. The summed E-state index contributed by atoms with van der Waals surface area (Å²) in [5, 5.41) is 0. The Bertz CT molecular complexity index is 477. The molecule has 1 aliphatic rings. The number of hydrogen-bond acceptors (Lipinski definition) is 4. The van der Waals surface area contributed by atoms with E-state index in [1.165, 1.54) is 0 Å². The number of aldehydes is 1. The van der Waals surface area contributed by atoms with Crippen LogP contribution in [0.4, 0.5) is 0 Å². The largest absolute Gasteiger partial charge is 0.452 e. The van der Waals surface area contributed by atoms with Crippen LogP contribution in [0.1, 0.15) is 42.6 Å². The Morgan fingerprint density at radius 3 is 2.78 bits per heavy atom. The highest BCUT2D eigenvalue weighted by atomic mass is 16.7. The van der Waals surface area contributed by atoms with E-state index in [2.05, 4.69) is 0 Å². The van der Waals surface area contributed by atoms with Crippen molar-refractivity contribution in [2.75, 3.05) is 0 Å². The van der Waals surface area contributed by atoms with Gasteiger partial charge in [-0.2, -0.15) is 0 Å². The minimum Gasteiger partial charge on any atom is -0.452 e. The van der Waals surface area contributed by atoms with Crippen LogP contribution in [0.3, 0.4) is 0 Å². The second kappa shape index (κ2) is 4.80. The Balaban J connectivity index is 2.29. The van der Waals surface area contributed by atoms with Gasteiger partial charge < -0.3 is 14.3 Å². The van der Waals surface area contributed by atoms with E-state index in [1.807, 2.05) is 12.1 Å². The first-order valence-corrected chi connectivity index (χ1v) is 6.01. The zero-order valence-corrected chi connectivity index (χ0v) is 10.6. The molecule has 0 aromatic heterocycles. The molecule has 96 valence electrons. The molecule has 1 aliphatic heterocycles. The van der Waals surface area contributed by atoms with Gasteiger partial charge in [0.2, 0.25) is 5.79 Å². The number of esters is 1. The molecule has 0 N–H and O–H groups in total. The summed E-state index contributed by atoms with van der Waals surface area (Å²) in [6, 6.07) is 5.48.